The zero-order chi connectivity index (χ0) is 14.4. The smallest absolute Gasteiger partial charge is 0.137 e. The van der Waals surface area contributed by atoms with Crippen LogP contribution in [0, 0.1) is 13.8 Å². The fraction of sp³-hybridized carbons (Fsp3) is 0.105. The monoisotopic (exact) mass is 272 g/mol. The molecule has 0 aliphatic rings. The lowest BCUT2D eigenvalue weighted by Crippen LogP contribution is -1.96. The SMILES string of the molecule is Cc1cc2c3ccccc3n(-c3ccccn3)c2cc1C. The van der Waals surface area contributed by atoms with Crippen LogP contribution in [0.1, 0.15) is 11.1 Å². The molecular formula is C19H16N2. The molecule has 0 fully saturated rings. The molecule has 2 heterocycles. The average molecular weight is 272 g/mol. The summed E-state index contributed by atoms with van der Waals surface area (Å²) in [6.45, 7) is 4.33. The third-order valence-electron chi connectivity index (χ3n) is 4.17. The Balaban J connectivity index is 2.24. The summed E-state index contributed by atoms with van der Waals surface area (Å²) in [5.74, 6) is 0.965. The van der Waals surface area contributed by atoms with Crippen LogP contribution in [0.15, 0.2) is 60.8 Å². The summed E-state index contributed by atoms with van der Waals surface area (Å²) in [7, 11) is 0. The molecule has 0 atom stereocenters. The average Bonchev–Trinajstić information content (AvgIpc) is 2.82. The van der Waals surface area contributed by atoms with Crippen molar-refractivity contribution in [1.29, 1.82) is 0 Å². The Kier molecular flexibility index (Phi) is 2.58. The van der Waals surface area contributed by atoms with Crippen LogP contribution in [0.2, 0.25) is 0 Å². The van der Waals surface area contributed by atoms with Gasteiger partial charge in [-0.1, -0.05) is 24.3 Å². The lowest BCUT2D eigenvalue weighted by atomic mass is 10.1. The Labute approximate surface area is 123 Å². The van der Waals surface area contributed by atoms with Gasteiger partial charge in [-0.2, -0.15) is 0 Å². The number of nitrogens with zero attached hydrogens (tertiary/aromatic N) is 2. The van der Waals surface area contributed by atoms with Crippen molar-refractivity contribution in [1.82, 2.24) is 9.55 Å². The molecule has 0 N–H and O–H groups in total. The van der Waals surface area contributed by atoms with Gasteiger partial charge in [-0.05, 0) is 55.3 Å². The second kappa shape index (κ2) is 4.45. The fourth-order valence-electron chi connectivity index (χ4n) is 2.96. The topological polar surface area (TPSA) is 17.8 Å². The van der Waals surface area contributed by atoms with E-state index in [4.69, 9.17) is 0 Å². The van der Waals surface area contributed by atoms with Gasteiger partial charge in [0, 0.05) is 17.0 Å². The van der Waals surface area contributed by atoms with Gasteiger partial charge in [0.25, 0.3) is 0 Å². The van der Waals surface area contributed by atoms with Gasteiger partial charge in [0.1, 0.15) is 5.82 Å². The lowest BCUT2D eigenvalue weighted by molar-refractivity contribution is 1.08. The molecule has 21 heavy (non-hydrogen) atoms. The number of aryl methyl sites for hydroxylation is 2. The minimum absolute atomic E-state index is 0.965. The number of benzene rings is 2. The van der Waals surface area contributed by atoms with Crippen molar-refractivity contribution >= 4 is 21.8 Å². The van der Waals surface area contributed by atoms with Crippen molar-refractivity contribution in [2.24, 2.45) is 0 Å². The van der Waals surface area contributed by atoms with E-state index in [1.54, 1.807) is 0 Å². The molecule has 102 valence electrons. The van der Waals surface area contributed by atoms with Crippen molar-refractivity contribution in [2.75, 3.05) is 0 Å². The number of fused-ring (bicyclic) bond motifs is 3. The molecule has 2 aromatic heterocycles. The Morgan fingerprint density at radius 1 is 0.762 bits per heavy atom. The Hall–Kier alpha value is -2.61. The number of rotatable bonds is 1. The van der Waals surface area contributed by atoms with E-state index in [1.165, 1.54) is 32.9 Å². The molecule has 0 saturated heterocycles. The van der Waals surface area contributed by atoms with Crippen LogP contribution in [0.4, 0.5) is 0 Å². The van der Waals surface area contributed by atoms with Gasteiger partial charge in [-0.3, -0.25) is 4.57 Å². The van der Waals surface area contributed by atoms with E-state index < -0.39 is 0 Å². The molecule has 0 spiro atoms. The van der Waals surface area contributed by atoms with Crippen LogP contribution >= 0.6 is 0 Å². The van der Waals surface area contributed by atoms with Crippen molar-refractivity contribution in [3.05, 3.63) is 71.9 Å². The summed E-state index contributed by atoms with van der Waals surface area (Å²) in [4.78, 5) is 4.54. The van der Waals surface area contributed by atoms with Crippen molar-refractivity contribution in [3.63, 3.8) is 0 Å². The number of para-hydroxylation sites is 1. The summed E-state index contributed by atoms with van der Waals surface area (Å²) in [5, 5.41) is 2.57. The normalized spacial score (nSPS) is 11.3. The summed E-state index contributed by atoms with van der Waals surface area (Å²) in [5.41, 5.74) is 5.06. The molecular weight excluding hydrogens is 256 g/mol. The van der Waals surface area contributed by atoms with E-state index in [0.29, 0.717) is 0 Å². The van der Waals surface area contributed by atoms with Gasteiger partial charge in [0.05, 0.1) is 11.0 Å². The minimum atomic E-state index is 0.965. The van der Waals surface area contributed by atoms with Crippen molar-refractivity contribution in [3.8, 4) is 5.82 Å². The van der Waals surface area contributed by atoms with Gasteiger partial charge in [-0.25, -0.2) is 4.98 Å². The van der Waals surface area contributed by atoms with E-state index in [2.05, 4.69) is 65.9 Å². The van der Waals surface area contributed by atoms with E-state index >= 15 is 0 Å². The van der Waals surface area contributed by atoms with Gasteiger partial charge >= 0.3 is 0 Å². The molecule has 2 nitrogen and oxygen atoms in total. The number of aromatic nitrogens is 2. The van der Waals surface area contributed by atoms with Gasteiger partial charge in [0.2, 0.25) is 0 Å². The first-order valence-corrected chi connectivity index (χ1v) is 7.17. The van der Waals surface area contributed by atoms with Crippen LogP contribution in [0.25, 0.3) is 27.6 Å². The van der Waals surface area contributed by atoms with Crippen molar-refractivity contribution in [2.45, 2.75) is 13.8 Å². The molecule has 0 unspecified atom stereocenters. The number of pyridine rings is 1. The number of hydrogen-bond donors (Lipinski definition) is 0. The van der Waals surface area contributed by atoms with Crippen LogP contribution in [-0.2, 0) is 0 Å². The van der Waals surface area contributed by atoms with Crippen LogP contribution in [-0.4, -0.2) is 9.55 Å². The van der Waals surface area contributed by atoms with E-state index in [-0.39, 0.29) is 0 Å². The first-order chi connectivity index (χ1) is 10.3. The fourth-order valence-corrected chi connectivity index (χ4v) is 2.96. The molecule has 0 saturated carbocycles. The molecule has 2 aromatic carbocycles. The molecule has 4 aromatic rings. The van der Waals surface area contributed by atoms with E-state index in [0.717, 1.165) is 5.82 Å². The summed E-state index contributed by atoms with van der Waals surface area (Å²) in [6.07, 6.45) is 1.84. The van der Waals surface area contributed by atoms with Gasteiger partial charge < -0.3 is 0 Å². The third kappa shape index (κ3) is 1.76. The molecule has 4 rings (SSSR count). The molecule has 0 aliphatic heterocycles. The Morgan fingerprint density at radius 3 is 2.33 bits per heavy atom. The van der Waals surface area contributed by atoms with Crippen LogP contribution in [0.5, 0.6) is 0 Å². The van der Waals surface area contributed by atoms with Gasteiger partial charge in [-0.15, -0.1) is 0 Å². The zero-order valence-electron chi connectivity index (χ0n) is 12.2. The van der Waals surface area contributed by atoms with Crippen molar-refractivity contribution < 1.29 is 0 Å². The minimum Gasteiger partial charge on any atom is -0.294 e. The highest BCUT2D eigenvalue weighted by atomic mass is 15.1. The standard InChI is InChI=1S/C19H16N2/c1-13-11-16-15-7-3-4-8-17(15)21(18(16)12-14(13)2)19-9-5-6-10-20-19/h3-12H,1-2H3. The molecule has 0 aliphatic carbocycles. The molecule has 0 radical (unpaired) electrons. The summed E-state index contributed by atoms with van der Waals surface area (Å²) in [6, 6.07) is 19.1. The van der Waals surface area contributed by atoms with Gasteiger partial charge in [0.15, 0.2) is 0 Å². The van der Waals surface area contributed by atoms with E-state index in [9.17, 15) is 0 Å². The second-order valence-corrected chi connectivity index (χ2v) is 5.49. The first kappa shape index (κ1) is 12.2. The third-order valence-corrected chi connectivity index (χ3v) is 4.17. The molecule has 2 heteroatoms. The first-order valence-electron chi connectivity index (χ1n) is 7.17. The predicted octanol–water partition coefficient (Wildman–Crippen LogP) is 4.80. The largest absolute Gasteiger partial charge is 0.294 e. The Morgan fingerprint density at radius 2 is 1.52 bits per heavy atom. The van der Waals surface area contributed by atoms with E-state index in [1.807, 2.05) is 18.3 Å². The molecule has 0 amide bonds. The highest BCUT2D eigenvalue weighted by molar-refractivity contribution is 6.09. The summed E-state index contributed by atoms with van der Waals surface area (Å²) < 4.78 is 2.25. The summed E-state index contributed by atoms with van der Waals surface area (Å²) >= 11 is 0. The van der Waals surface area contributed by atoms with Crippen LogP contribution in [0.3, 0.4) is 0 Å². The maximum Gasteiger partial charge on any atom is 0.137 e. The molecule has 0 bridgehead atoms. The lowest BCUT2D eigenvalue weighted by Gasteiger charge is -2.07. The number of hydrogen-bond acceptors (Lipinski definition) is 1. The maximum absolute atomic E-state index is 4.54. The Bertz CT molecular complexity index is 950. The highest BCUT2D eigenvalue weighted by Gasteiger charge is 2.13. The highest BCUT2D eigenvalue weighted by Crippen LogP contribution is 2.32. The van der Waals surface area contributed by atoms with Crippen LogP contribution < -0.4 is 0 Å². The predicted molar refractivity (Wildman–Crippen MR) is 88.1 cm³/mol. The quantitative estimate of drug-likeness (QED) is 0.487. The second-order valence-electron chi connectivity index (χ2n) is 5.49. The zero-order valence-corrected chi connectivity index (χ0v) is 12.2. The maximum atomic E-state index is 4.54.